The molecule has 0 bridgehead atoms. The van der Waals surface area contributed by atoms with E-state index in [4.69, 9.17) is 5.26 Å². The zero-order chi connectivity index (χ0) is 8.43. The molecule has 0 N–H and O–H groups in total. The summed E-state index contributed by atoms with van der Waals surface area (Å²) in [7, 11) is 0. The molecule has 1 rings (SSSR count). The molecule has 0 saturated carbocycles. The molecule has 11 heavy (non-hydrogen) atoms. The van der Waals surface area contributed by atoms with E-state index in [1.807, 2.05) is 19.9 Å². The molecule has 0 aliphatic carbocycles. The highest BCUT2D eigenvalue weighted by Gasteiger charge is 2.02. The average molecular weight is 163 g/mol. The van der Waals surface area contributed by atoms with Crippen molar-refractivity contribution >= 4 is 12.6 Å². The third kappa shape index (κ3) is 1.38. The number of rotatable bonds is 0. The minimum Gasteiger partial charge on any atom is -0.192 e. The maximum absolute atomic E-state index is 8.63. The second-order valence-electron chi connectivity index (χ2n) is 2.52. The van der Waals surface area contributed by atoms with Crippen molar-refractivity contribution in [3.05, 3.63) is 28.8 Å². The van der Waals surface area contributed by atoms with Crippen LogP contribution in [0.1, 0.15) is 16.7 Å². The van der Waals surface area contributed by atoms with Crippen LogP contribution in [0.25, 0.3) is 0 Å². The van der Waals surface area contributed by atoms with Crippen LogP contribution in [0, 0.1) is 25.2 Å². The Morgan fingerprint density at radius 3 is 2.55 bits per heavy atom. The smallest absolute Gasteiger partial charge is 0.100 e. The summed E-state index contributed by atoms with van der Waals surface area (Å²) in [5.41, 5.74) is 2.91. The van der Waals surface area contributed by atoms with Crippen molar-refractivity contribution in [1.29, 1.82) is 5.26 Å². The van der Waals surface area contributed by atoms with E-state index in [1.165, 1.54) is 5.56 Å². The van der Waals surface area contributed by atoms with Gasteiger partial charge in [-0.3, -0.25) is 0 Å². The summed E-state index contributed by atoms with van der Waals surface area (Å²) in [4.78, 5) is 0.799. The Bertz CT molecular complexity index is 323. The molecular formula is C9H9NS. The van der Waals surface area contributed by atoms with E-state index in [1.54, 1.807) is 6.07 Å². The highest BCUT2D eigenvalue weighted by atomic mass is 32.1. The minimum absolute atomic E-state index is 0.649. The van der Waals surface area contributed by atoms with Crippen molar-refractivity contribution in [2.45, 2.75) is 18.7 Å². The second-order valence-corrected chi connectivity index (χ2v) is 2.96. The molecule has 1 aromatic carbocycles. The van der Waals surface area contributed by atoms with E-state index in [9.17, 15) is 0 Å². The lowest BCUT2D eigenvalue weighted by Gasteiger charge is -2.03. The maximum atomic E-state index is 8.63. The second kappa shape index (κ2) is 2.98. The number of thiol groups is 1. The fraction of sp³-hybridized carbons (Fsp3) is 0.222. The number of benzene rings is 1. The fourth-order valence-corrected chi connectivity index (χ4v) is 1.19. The topological polar surface area (TPSA) is 23.8 Å². The van der Waals surface area contributed by atoms with Crippen LogP contribution in [0.5, 0.6) is 0 Å². The predicted octanol–water partition coefficient (Wildman–Crippen LogP) is 2.46. The lowest BCUT2D eigenvalue weighted by atomic mass is 10.1. The maximum Gasteiger partial charge on any atom is 0.100 e. The summed E-state index contributed by atoms with van der Waals surface area (Å²) < 4.78 is 0. The molecule has 0 aliphatic rings. The van der Waals surface area contributed by atoms with E-state index >= 15 is 0 Å². The third-order valence-electron chi connectivity index (χ3n) is 1.82. The van der Waals surface area contributed by atoms with Gasteiger partial charge in [0, 0.05) is 4.90 Å². The number of nitriles is 1. The summed E-state index contributed by atoms with van der Waals surface area (Å²) in [6.07, 6.45) is 0. The van der Waals surface area contributed by atoms with Gasteiger partial charge in [0.05, 0.1) is 5.56 Å². The van der Waals surface area contributed by atoms with Gasteiger partial charge in [0.1, 0.15) is 6.07 Å². The van der Waals surface area contributed by atoms with Crippen LogP contribution in [0.3, 0.4) is 0 Å². The van der Waals surface area contributed by atoms with Crippen LogP contribution < -0.4 is 0 Å². The van der Waals surface area contributed by atoms with Gasteiger partial charge in [-0.1, -0.05) is 6.07 Å². The van der Waals surface area contributed by atoms with E-state index in [0.29, 0.717) is 5.56 Å². The molecule has 0 radical (unpaired) electrons. The lowest BCUT2D eigenvalue weighted by Crippen LogP contribution is -1.86. The van der Waals surface area contributed by atoms with Gasteiger partial charge < -0.3 is 0 Å². The molecule has 0 fully saturated rings. The first-order chi connectivity index (χ1) is 5.16. The standard InChI is InChI=1S/C9H9NS/c1-6-3-4-8(5-10)9(11)7(6)2/h3-4,11H,1-2H3. The van der Waals surface area contributed by atoms with Crippen LogP contribution in [0.15, 0.2) is 17.0 Å². The molecule has 0 saturated heterocycles. The minimum atomic E-state index is 0.649. The predicted molar refractivity (Wildman–Crippen MR) is 47.9 cm³/mol. The van der Waals surface area contributed by atoms with Gasteiger partial charge in [0.25, 0.3) is 0 Å². The Labute approximate surface area is 72.1 Å². The summed E-state index contributed by atoms with van der Waals surface area (Å²) in [5.74, 6) is 0. The third-order valence-corrected chi connectivity index (χ3v) is 2.40. The summed E-state index contributed by atoms with van der Waals surface area (Å²) in [6, 6.07) is 5.82. The van der Waals surface area contributed by atoms with Gasteiger partial charge in [-0.25, -0.2) is 0 Å². The molecule has 0 atom stereocenters. The van der Waals surface area contributed by atoms with Crippen LogP contribution in [0.4, 0.5) is 0 Å². The van der Waals surface area contributed by atoms with Crippen molar-refractivity contribution in [3.63, 3.8) is 0 Å². The van der Waals surface area contributed by atoms with Gasteiger partial charge >= 0.3 is 0 Å². The number of hydrogen-bond donors (Lipinski definition) is 1. The highest BCUT2D eigenvalue weighted by molar-refractivity contribution is 7.80. The zero-order valence-corrected chi connectivity index (χ0v) is 7.44. The largest absolute Gasteiger partial charge is 0.192 e. The molecule has 0 amide bonds. The van der Waals surface area contributed by atoms with Gasteiger partial charge in [0.15, 0.2) is 0 Å². The molecule has 0 unspecified atom stereocenters. The van der Waals surface area contributed by atoms with E-state index < -0.39 is 0 Å². The number of nitrogens with zero attached hydrogens (tertiary/aromatic N) is 1. The average Bonchev–Trinajstić information content (AvgIpc) is 2.01. The van der Waals surface area contributed by atoms with Crippen LogP contribution in [-0.4, -0.2) is 0 Å². The molecule has 56 valence electrons. The Morgan fingerprint density at radius 2 is 2.00 bits per heavy atom. The van der Waals surface area contributed by atoms with Gasteiger partial charge in [-0.2, -0.15) is 5.26 Å². The highest BCUT2D eigenvalue weighted by Crippen LogP contribution is 2.20. The van der Waals surface area contributed by atoms with Crippen molar-refractivity contribution in [3.8, 4) is 6.07 Å². The lowest BCUT2D eigenvalue weighted by molar-refractivity contribution is 1.21. The molecular weight excluding hydrogens is 154 g/mol. The Hall–Kier alpha value is -0.940. The van der Waals surface area contributed by atoms with E-state index in [2.05, 4.69) is 18.7 Å². The number of aryl methyl sites for hydroxylation is 1. The molecule has 0 aromatic heterocycles. The molecule has 0 spiro atoms. The van der Waals surface area contributed by atoms with Crippen LogP contribution in [0.2, 0.25) is 0 Å². The molecule has 0 heterocycles. The van der Waals surface area contributed by atoms with Gasteiger partial charge in [-0.05, 0) is 31.0 Å². The molecule has 1 aromatic rings. The van der Waals surface area contributed by atoms with Crippen LogP contribution in [-0.2, 0) is 0 Å². The van der Waals surface area contributed by atoms with Crippen molar-refractivity contribution in [1.82, 2.24) is 0 Å². The van der Waals surface area contributed by atoms with Gasteiger partial charge in [0.2, 0.25) is 0 Å². The first-order valence-electron chi connectivity index (χ1n) is 3.36. The Kier molecular flexibility index (Phi) is 2.21. The Balaban J connectivity index is 3.40. The van der Waals surface area contributed by atoms with Gasteiger partial charge in [-0.15, -0.1) is 12.6 Å². The Morgan fingerprint density at radius 1 is 1.36 bits per heavy atom. The SMILES string of the molecule is Cc1ccc(C#N)c(S)c1C. The van der Waals surface area contributed by atoms with E-state index in [-0.39, 0.29) is 0 Å². The van der Waals surface area contributed by atoms with Crippen molar-refractivity contribution in [2.75, 3.05) is 0 Å². The number of hydrogen-bond acceptors (Lipinski definition) is 2. The summed E-state index contributed by atoms with van der Waals surface area (Å²) in [6.45, 7) is 3.98. The molecule has 0 aliphatic heterocycles. The fourth-order valence-electron chi connectivity index (χ4n) is 0.891. The van der Waals surface area contributed by atoms with Crippen LogP contribution >= 0.6 is 12.6 Å². The first-order valence-corrected chi connectivity index (χ1v) is 3.81. The summed E-state index contributed by atoms with van der Waals surface area (Å²) in [5, 5.41) is 8.63. The molecule has 2 heteroatoms. The quantitative estimate of drug-likeness (QED) is 0.583. The van der Waals surface area contributed by atoms with Crippen molar-refractivity contribution in [2.24, 2.45) is 0 Å². The first kappa shape index (κ1) is 8.16. The zero-order valence-electron chi connectivity index (χ0n) is 6.55. The summed E-state index contributed by atoms with van der Waals surface area (Å²) >= 11 is 4.24. The van der Waals surface area contributed by atoms with Crippen molar-refractivity contribution < 1.29 is 0 Å². The normalized spacial score (nSPS) is 9.27. The molecule has 1 nitrogen and oxygen atoms in total. The van der Waals surface area contributed by atoms with E-state index in [0.717, 1.165) is 10.5 Å². The monoisotopic (exact) mass is 163 g/mol.